The Hall–Kier alpha value is -5.33. The highest BCUT2D eigenvalue weighted by Gasteiger charge is 2.36. The highest BCUT2D eigenvalue weighted by Crippen LogP contribution is 2.30. The minimum Gasteiger partial charge on any atom is -0.497 e. The van der Waals surface area contributed by atoms with E-state index in [0.29, 0.717) is 61.0 Å². The van der Waals surface area contributed by atoms with Gasteiger partial charge in [-0.05, 0) is 48.0 Å². The van der Waals surface area contributed by atoms with E-state index in [1.165, 1.54) is 0 Å². The van der Waals surface area contributed by atoms with E-state index in [-0.39, 0.29) is 25.0 Å². The van der Waals surface area contributed by atoms with Crippen molar-refractivity contribution in [2.24, 2.45) is 0 Å². The fourth-order valence-electron chi connectivity index (χ4n) is 4.85. The van der Waals surface area contributed by atoms with Crippen molar-refractivity contribution in [3.63, 3.8) is 0 Å². The summed E-state index contributed by atoms with van der Waals surface area (Å²) in [5, 5.41) is 5.90. The third kappa shape index (κ3) is 5.89. The number of methoxy groups -OCH3 is 1. The number of aromatic nitrogens is 4. The molecular formula is C29H30N8O5. The number of fused-ring (bicyclic) bond motifs is 1. The molecule has 2 aromatic heterocycles. The van der Waals surface area contributed by atoms with Gasteiger partial charge in [-0.15, -0.1) is 0 Å². The molecule has 1 saturated heterocycles. The minimum absolute atomic E-state index is 0.239. The molecule has 1 unspecified atom stereocenters. The molecule has 0 saturated carbocycles. The zero-order valence-electron chi connectivity index (χ0n) is 23.0. The number of imidazole rings is 1. The van der Waals surface area contributed by atoms with E-state index in [1.807, 2.05) is 23.1 Å². The van der Waals surface area contributed by atoms with Gasteiger partial charge in [0.25, 0.3) is 0 Å². The summed E-state index contributed by atoms with van der Waals surface area (Å²) in [6.07, 6.45) is 6.69. The number of hydrogen-bond acceptors (Lipinski definition) is 9. The standard InChI is InChI=1S/C29H30N8O5/c1-40-22-5-3-21(4-6-22)33-29(39)37-13-12-35(26-8-9-31-28(34-26)36-11-10-30-19-36)18-23(37)27(38)32-17-20-2-7-24-25(16-20)42-15-14-41-24/h2-11,16,19,23H,12-15,17-18H2,1H3,(H,32,38)(H,33,39). The molecule has 216 valence electrons. The van der Waals surface area contributed by atoms with E-state index in [1.54, 1.807) is 71.8 Å². The molecule has 1 fully saturated rings. The first-order valence-corrected chi connectivity index (χ1v) is 13.5. The largest absolute Gasteiger partial charge is 0.497 e. The highest BCUT2D eigenvalue weighted by molar-refractivity contribution is 5.94. The second-order valence-electron chi connectivity index (χ2n) is 9.69. The number of nitrogens with one attached hydrogen (secondary N) is 2. The second kappa shape index (κ2) is 12.0. The molecular weight excluding hydrogens is 540 g/mol. The molecule has 1 atom stereocenters. The average Bonchev–Trinajstić information content (AvgIpc) is 3.59. The smallest absolute Gasteiger partial charge is 0.322 e. The van der Waals surface area contributed by atoms with Crippen molar-refractivity contribution in [3.8, 4) is 23.2 Å². The van der Waals surface area contributed by atoms with Crippen LogP contribution >= 0.6 is 0 Å². The summed E-state index contributed by atoms with van der Waals surface area (Å²) in [6.45, 7) is 2.26. The van der Waals surface area contributed by atoms with Crippen LogP contribution in [0.1, 0.15) is 5.56 Å². The molecule has 4 aromatic rings. The van der Waals surface area contributed by atoms with Gasteiger partial charge in [0.05, 0.1) is 7.11 Å². The molecule has 6 rings (SSSR count). The Kier molecular flexibility index (Phi) is 7.70. The van der Waals surface area contributed by atoms with E-state index >= 15 is 0 Å². The SMILES string of the molecule is COc1ccc(NC(=O)N2CCN(c3ccnc(-n4ccnc4)n3)CC2C(=O)NCc2ccc3c(c2)OCCO3)cc1. The molecule has 4 heterocycles. The number of anilines is 2. The molecule has 0 bridgehead atoms. The van der Waals surface area contributed by atoms with Gasteiger partial charge >= 0.3 is 6.03 Å². The maximum atomic E-state index is 13.7. The Labute approximate surface area is 242 Å². The van der Waals surface area contributed by atoms with Crippen LogP contribution in [0.15, 0.2) is 73.4 Å². The van der Waals surface area contributed by atoms with Gasteiger partial charge in [0.1, 0.15) is 37.2 Å². The van der Waals surface area contributed by atoms with E-state index in [9.17, 15) is 9.59 Å². The lowest BCUT2D eigenvalue weighted by atomic mass is 10.1. The van der Waals surface area contributed by atoms with Gasteiger partial charge in [0.2, 0.25) is 11.9 Å². The van der Waals surface area contributed by atoms with Gasteiger partial charge in [0, 0.05) is 50.5 Å². The van der Waals surface area contributed by atoms with Crippen LogP contribution in [0, 0.1) is 0 Å². The lowest BCUT2D eigenvalue weighted by Crippen LogP contribution is -2.61. The Morgan fingerprint density at radius 1 is 1.02 bits per heavy atom. The van der Waals surface area contributed by atoms with Crippen LogP contribution in [0.2, 0.25) is 0 Å². The van der Waals surface area contributed by atoms with Crippen molar-refractivity contribution in [2.45, 2.75) is 12.6 Å². The van der Waals surface area contributed by atoms with Gasteiger partial charge in [-0.3, -0.25) is 9.36 Å². The first-order valence-electron chi connectivity index (χ1n) is 13.5. The predicted molar refractivity (Wildman–Crippen MR) is 153 cm³/mol. The number of rotatable bonds is 7. The van der Waals surface area contributed by atoms with Crippen molar-refractivity contribution >= 4 is 23.4 Å². The third-order valence-corrected chi connectivity index (χ3v) is 7.05. The Bertz CT molecular complexity index is 1550. The lowest BCUT2D eigenvalue weighted by molar-refractivity contribution is -0.125. The topological polar surface area (TPSA) is 136 Å². The number of ether oxygens (including phenoxy) is 3. The molecule has 0 spiro atoms. The maximum absolute atomic E-state index is 13.7. The van der Waals surface area contributed by atoms with Crippen LogP contribution in [0.5, 0.6) is 17.2 Å². The van der Waals surface area contributed by atoms with Crippen LogP contribution < -0.4 is 29.7 Å². The number of carbonyl (C=O) groups is 2. The fraction of sp³-hybridized carbons (Fsp3) is 0.276. The van der Waals surface area contributed by atoms with Gasteiger partial charge in [-0.25, -0.2) is 14.8 Å². The highest BCUT2D eigenvalue weighted by atomic mass is 16.6. The maximum Gasteiger partial charge on any atom is 0.322 e. The summed E-state index contributed by atoms with van der Waals surface area (Å²) in [5.41, 5.74) is 1.45. The van der Waals surface area contributed by atoms with Crippen molar-refractivity contribution < 1.29 is 23.8 Å². The molecule has 2 aliphatic heterocycles. The fourth-order valence-corrected chi connectivity index (χ4v) is 4.85. The molecule has 13 nitrogen and oxygen atoms in total. The summed E-state index contributed by atoms with van der Waals surface area (Å²) in [6, 6.07) is 13.2. The van der Waals surface area contributed by atoms with Crippen LogP contribution in [0.25, 0.3) is 5.95 Å². The zero-order valence-corrected chi connectivity index (χ0v) is 23.0. The molecule has 42 heavy (non-hydrogen) atoms. The number of piperazine rings is 1. The van der Waals surface area contributed by atoms with Crippen LogP contribution in [-0.4, -0.2) is 82.4 Å². The van der Waals surface area contributed by atoms with Gasteiger partial charge < -0.3 is 34.6 Å². The Balaban J connectivity index is 1.20. The number of carbonyl (C=O) groups excluding carboxylic acids is 2. The monoisotopic (exact) mass is 570 g/mol. The lowest BCUT2D eigenvalue weighted by Gasteiger charge is -2.41. The third-order valence-electron chi connectivity index (χ3n) is 7.05. The number of nitrogens with zero attached hydrogens (tertiary/aromatic N) is 6. The molecule has 0 radical (unpaired) electrons. The molecule has 2 aromatic carbocycles. The summed E-state index contributed by atoms with van der Waals surface area (Å²) >= 11 is 0. The Morgan fingerprint density at radius 2 is 1.86 bits per heavy atom. The van der Waals surface area contributed by atoms with E-state index in [0.717, 1.165) is 5.56 Å². The quantitative estimate of drug-likeness (QED) is 0.343. The molecule has 0 aliphatic carbocycles. The number of benzene rings is 2. The number of amides is 3. The number of hydrogen-bond donors (Lipinski definition) is 2. The summed E-state index contributed by atoms with van der Waals surface area (Å²) in [5.74, 6) is 2.83. The summed E-state index contributed by atoms with van der Waals surface area (Å²) in [7, 11) is 1.58. The molecule has 2 N–H and O–H groups in total. The van der Waals surface area contributed by atoms with Crippen LogP contribution in [-0.2, 0) is 11.3 Å². The normalized spacial score (nSPS) is 16.1. The first kappa shape index (κ1) is 26.9. The molecule has 3 amide bonds. The molecule has 13 heteroatoms. The predicted octanol–water partition coefficient (Wildman–Crippen LogP) is 2.48. The van der Waals surface area contributed by atoms with Gasteiger partial charge in [0.15, 0.2) is 11.5 Å². The average molecular weight is 571 g/mol. The second-order valence-corrected chi connectivity index (χ2v) is 9.69. The van der Waals surface area contributed by atoms with E-state index in [4.69, 9.17) is 14.2 Å². The number of urea groups is 1. The van der Waals surface area contributed by atoms with Gasteiger partial charge in [-0.2, -0.15) is 4.98 Å². The molecule has 2 aliphatic rings. The van der Waals surface area contributed by atoms with Crippen LogP contribution in [0.4, 0.5) is 16.3 Å². The van der Waals surface area contributed by atoms with Crippen molar-refractivity contribution in [3.05, 3.63) is 79.0 Å². The van der Waals surface area contributed by atoms with Crippen molar-refractivity contribution in [2.75, 3.05) is 50.2 Å². The minimum atomic E-state index is -0.791. The van der Waals surface area contributed by atoms with Gasteiger partial charge in [-0.1, -0.05) is 6.07 Å². The van der Waals surface area contributed by atoms with E-state index < -0.39 is 6.04 Å². The van der Waals surface area contributed by atoms with Crippen molar-refractivity contribution in [1.29, 1.82) is 0 Å². The zero-order chi connectivity index (χ0) is 28.9. The van der Waals surface area contributed by atoms with Crippen molar-refractivity contribution in [1.82, 2.24) is 29.7 Å². The first-order chi connectivity index (χ1) is 20.6. The Morgan fingerprint density at radius 3 is 2.64 bits per heavy atom. The summed E-state index contributed by atoms with van der Waals surface area (Å²) < 4.78 is 18.2. The van der Waals surface area contributed by atoms with Crippen LogP contribution in [0.3, 0.4) is 0 Å². The summed E-state index contributed by atoms with van der Waals surface area (Å²) in [4.78, 5) is 43.7. The van der Waals surface area contributed by atoms with E-state index in [2.05, 4.69) is 25.6 Å².